The van der Waals surface area contributed by atoms with Gasteiger partial charge in [-0.25, -0.2) is 4.99 Å². The van der Waals surface area contributed by atoms with Crippen molar-refractivity contribution in [1.29, 1.82) is 0 Å². The van der Waals surface area contributed by atoms with Gasteiger partial charge in [0.1, 0.15) is 5.75 Å². The first-order valence-electron chi connectivity index (χ1n) is 9.51. The summed E-state index contributed by atoms with van der Waals surface area (Å²) in [6.45, 7) is 8.92. The summed E-state index contributed by atoms with van der Waals surface area (Å²) >= 11 is 0. The van der Waals surface area contributed by atoms with Crippen LogP contribution in [0.4, 0.5) is 0 Å². The van der Waals surface area contributed by atoms with Crippen molar-refractivity contribution >= 4 is 35.8 Å². The molecule has 0 aliphatic carbocycles. The van der Waals surface area contributed by atoms with E-state index in [-0.39, 0.29) is 30.6 Å². The molecule has 9 heteroatoms. The fraction of sp³-hybridized carbons (Fsp3) is 0.450. The molecule has 2 rings (SSSR count). The van der Waals surface area contributed by atoms with Gasteiger partial charge in [-0.3, -0.25) is 9.48 Å². The summed E-state index contributed by atoms with van der Waals surface area (Å²) in [5.74, 6) is 0.871. The molecule has 2 aromatic rings. The second-order valence-corrected chi connectivity index (χ2v) is 6.53. The van der Waals surface area contributed by atoms with E-state index in [1.807, 2.05) is 36.7 Å². The molecule has 8 nitrogen and oxygen atoms in total. The molecule has 0 atom stereocenters. The number of nitrogens with zero attached hydrogens (tertiary/aromatic N) is 3. The Morgan fingerprint density at radius 3 is 2.72 bits per heavy atom. The molecule has 1 aromatic heterocycles. The molecule has 0 saturated carbocycles. The number of hydrogen-bond donors (Lipinski definition) is 3. The summed E-state index contributed by atoms with van der Waals surface area (Å²) in [6.07, 6.45) is 0.947. The molecule has 0 saturated heterocycles. The van der Waals surface area contributed by atoms with Gasteiger partial charge in [0.15, 0.2) is 12.6 Å². The lowest BCUT2D eigenvalue weighted by Gasteiger charge is -2.12. The second-order valence-electron chi connectivity index (χ2n) is 6.53. The average Bonchev–Trinajstić information content (AvgIpc) is 2.99. The van der Waals surface area contributed by atoms with Gasteiger partial charge in [0.25, 0.3) is 5.91 Å². The number of guanidine groups is 1. The highest BCUT2D eigenvalue weighted by molar-refractivity contribution is 14.0. The van der Waals surface area contributed by atoms with Crippen LogP contribution in [0.5, 0.6) is 5.75 Å². The van der Waals surface area contributed by atoms with Crippen LogP contribution >= 0.6 is 24.0 Å². The monoisotopic (exact) mass is 514 g/mol. The molecular formula is C20H31IN6O2. The first kappa shape index (κ1) is 24.7. The first-order chi connectivity index (χ1) is 13.5. The Hall–Kier alpha value is -2.30. The minimum absolute atomic E-state index is 0. The number of nitrogens with two attached hydrogens (primary N) is 1. The highest BCUT2D eigenvalue weighted by Crippen LogP contribution is 2.14. The minimum Gasteiger partial charge on any atom is -0.484 e. The maximum absolute atomic E-state index is 10.8. The summed E-state index contributed by atoms with van der Waals surface area (Å²) in [4.78, 5) is 15.4. The van der Waals surface area contributed by atoms with Crippen molar-refractivity contribution in [2.75, 3.05) is 19.7 Å². The average molecular weight is 514 g/mol. The highest BCUT2D eigenvalue weighted by atomic mass is 127. The summed E-state index contributed by atoms with van der Waals surface area (Å²) in [5.41, 5.74) is 8.32. The predicted molar refractivity (Wildman–Crippen MR) is 126 cm³/mol. The number of halogens is 1. The molecule has 0 spiro atoms. The number of amides is 1. The van der Waals surface area contributed by atoms with E-state index < -0.39 is 5.91 Å². The summed E-state index contributed by atoms with van der Waals surface area (Å²) in [5, 5.41) is 11.1. The Kier molecular flexibility index (Phi) is 11.1. The van der Waals surface area contributed by atoms with Gasteiger partial charge in [0.05, 0.1) is 12.2 Å². The van der Waals surface area contributed by atoms with Crippen LogP contribution in [0.15, 0.2) is 35.3 Å². The van der Waals surface area contributed by atoms with E-state index >= 15 is 0 Å². The molecule has 0 aliphatic rings. The molecule has 4 N–H and O–H groups in total. The third-order valence-electron chi connectivity index (χ3n) is 3.99. The van der Waals surface area contributed by atoms with Gasteiger partial charge < -0.3 is 21.1 Å². The molecule has 0 fully saturated rings. The van der Waals surface area contributed by atoms with Gasteiger partial charge in [-0.15, -0.1) is 24.0 Å². The van der Waals surface area contributed by atoms with Gasteiger partial charge in [0, 0.05) is 25.3 Å². The maximum Gasteiger partial charge on any atom is 0.255 e. The van der Waals surface area contributed by atoms with Crippen molar-refractivity contribution in [2.24, 2.45) is 10.7 Å². The van der Waals surface area contributed by atoms with Crippen LogP contribution in [0.3, 0.4) is 0 Å². The van der Waals surface area contributed by atoms with Gasteiger partial charge in [-0.05, 0) is 51.0 Å². The fourth-order valence-corrected chi connectivity index (χ4v) is 2.74. The van der Waals surface area contributed by atoms with Gasteiger partial charge >= 0.3 is 0 Å². The largest absolute Gasteiger partial charge is 0.484 e. The Bertz CT molecular complexity index is 806. The number of aliphatic imine (C=N–C) groups is 1. The van der Waals surface area contributed by atoms with Crippen molar-refractivity contribution < 1.29 is 9.53 Å². The second kappa shape index (κ2) is 13.0. The predicted octanol–water partition coefficient (Wildman–Crippen LogP) is 2.13. The Balaban J connectivity index is 0.00000420. The smallest absolute Gasteiger partial charge is 0.255 e. The van der Waals surface area contributed by atoms with E-state index in [0.29, 0.717) is 12.3 Å². The lowest BCUT2D eigenvalue weighted by Crippen LogP contribution is -2.38. The molecule has 160 valence electrons. The first-order valence-corrected chi connectivity index (χ1v) is 9.51. The van der Waals surface area contributed by atoms with Crippen LogP contribution in [0, 0.1) is 13.8 Å². The van der Waals surface area contributed by atoms with E-state index in [0.717, 1.165) is 43.3 Å². The highest BCUT2D eigenvalue weighted by Gasteiger charge is 2.03. The molecule has 1 aromatic carbocycles. The standard InChI is InChI=1S/C20H30N6O2.HI/c1-4-22-20(23-9-6-10-26-16(3)11-15(2)25-26)24-13-17-7-5-8-18(12-17)28-14-19(21)27;/h5,7-8,11-12H,4,6,9-10,13-14H2,1-3H3,(H2,21,27)(H2,22,23,24);1H. The lowest BCUT2D eigenvalue weighted by atomic mass is 10.2. The number of carbonyl (C=O) groups excluding carboxylic acids is 1. The maximum atomic E-state index is 10.8. The van der Waals surface area contributed by atoms with Crippen LogP contribution in [0.1, 0.15) is 30.3 Å². The summed E-state index contributed by atoms with van der Waals surface area (Å²) in [7, 11) is 0. The van der Waals surface area contributed by atoms with E-state index in [4.69, 9.17) is 10.5 Å². The molecule has 0 bridgehead atoms. The number of hydrogen-bond acceptors (Lipinski definition) is 4. The number of primary amides is 1. The van der Waals surface area contributed by atoms with Crippen LogP contribution in [-0.2, 0) is 17.9 Å². The molecular weight excluding hydrogens is 483 g/mol. The topological polar surface area (TPSA) is 107 Å². The SMILES string of the molecule is CCNC(=NCc1cccc(OCC(N)=O)c1)NCCCn1nc(C)cc1C.I. The van der Waals surface area contributed by atoms with Crippen molar-refractivity contribution in [3.63, 3.8) is 0 Å². The van der Waals surface area contributed by atoms with Crippen LogP contribution in [0.2, 0.25) is 0 Å². The number of aryl methyl sites for hydroxylation is 3. The van der Waals surface area contributed by atoms with E-state index in [1.54, 1.807) is 6.07 Å². The molecule has 0 radical (unpaired) electrons. The summed E-state index contributed by atoms with van der Waals surface area (Å²) in [6, 6.07) is 9.57. The zero-order chi connectivity index (χ0) is 20.4. The molecule has 0 aliphatic heterocycles. The third kappa shape index (κ3) is 9.16. The van der Waals surface area contributed by atoms with Gasteiger partial charge in [0.2, 0.25) is 0 Å². The molecule has 0 unspecified atom stereocenters. The number of rotatable bonds is 10. The Morgan fingerprint density at radius 1 is 1.28 bits per heavy atom. The van der Waals surface area contributed by atoms with Crippen molar-refractivity contribution in [2.45, 2.75) is 40.3 Å². The number of ether oxygens (including phenoxy) is 1. The number of aromatic nitrogens is 2. The zero-order valence-electron chi connectivity index (χ0n) is 17.3. The third-order valence-corrected chi connectivity index (χ3v) is 3.99. The van der Waals surface area contributed by atoms with Crippen molar-refractivity contribution in [1.82, 2.24) is 20.4 Å². The lowest BCUT2D eigenvalue weighted by molar-refractivity contribution is -0.119. The van der Waals surface area contributed by atoms with Crippen LogP contribution in [0.25, 0.3) is 0 Å². The number of nitrogens with one attached hydrogen (secondary N) is 2. The Labute approximate surface area is 189 Å². The summed E-state index contributed by atoms with van der Waals surface area (Å²) < 4.78 is 7.36. The minimum atomic E-state index is -0.498. The number of benzene rings is 1. The van der Waals surface area contributed by atoms with Crippen LogP contribution in [-0.4, -0.2) is 41.3 Å². The van der Waals surface area contributed by atoms with E-state index in [2.05, 4.69) is 33.7 Å². The van der Waals surface area contributed by atoms with Crippen molar-refractivity contribution in [3.8, 4) is 5.75 Å². The Morgan fingerprint density at radius 2 is 2.07 bits per heavy atom. The molecule has 29 heavy (non-hydrogen) atoms. The zero-order valence-corrected chi connectivity index (χ0v) is 19.6. The van der Waals surface area contributed by atoms with Gasteiger partial charge in [-0.1, -0.05) is 12.1 Å². The fourth-order valence-electron chi connectivity index (χ4n) is 2.74. The van der Waals surface area contributed by atoms with E-state index in [1.165, 1.54) is 5.69 Å². The quantitative estimate of drug-likeness (QED) is 0.195. The van der Waals surface area contributed by atoms with E-state index in [9.17, 15) is 4.79 Å². The number of carbonyl (C=O) groups is 1. The van der Waals surface area contributed by atoms with Gasteiger partial charge in [-0.2, -0.15) is 5.10 Å². The van der Waals surface area contributed by atoms with Crippen LogP contribution < -0.4 is 21.1 Å². The normalized spacial score (nSPS) is 10.9. The molecule has 1 amide bonds. The molecule has 1 heterocycles. The van der Waals surface area contributed by atoms with Crippen molar-refractivity contribution in [3.05, 3.63) is 47.3 Å².